The van der Waals surface area contributed by atoms with Crippen molar-refractivity contribution in [2.75, 3.05) is 14.2 Å². The van der Waals surface area contributed by atoms with Crippen LogP contribution in [-0.2, 0) is 6.42 Å². The number of nitrogens with two attached hydrogens (primary N) is 1. The minimum atomic E-state index is 0.0509. The van der Waals surface area contributed by atoms with Crippen molar-refractivity contribution in [2.24, 2.45) is 5.84 Å². The maximum absolute atomic E-state index is 5.74. The summed E-state index contributed by atoms with van der Waals surface area (Å²) in [5.41, 5.74) is 3.93. The smallest absolute Gasteiger partial charge is 0.123 e. The Hall–Kier alpha value is -1.56. The summed E-state index contributed by atoms with van der Waals surface area (Å²) in [5, 5.41) is 2.11. The Kier molecular flexibility index (Phi) is 6.04. The summed E-state index contributed by atoms with van der Waals surface area (Å²) in [6, 6.07) is 10.1. The molecule has 2 aromatic rings. The van der Waals surface area contributed by atoms with Gasteiger partial charge in [0.2, 0.25) is 0 Å². The zero-order chi connectivity index (χ0) is 15.1. The molecule has 114 valence electrons. The van der Waals surface area contributed by atoms with Gasteiger partial charge in [-0.15, -0.1) is 11.3 Å². The van der Waals surface area contributed by atoms with Gasteiger partial charge in [0.05, 0.1) is 14.2 Å². The molecule has 1 aromatic heterocycles. The number of ether oxygens (including phenoxy) is 2. The van der Waals surface area contributed by atoms with Crippen LogP contribution in [0.1, 0.15) is 29.3 Å². The van der Waals surface area contributed by atoms with E-state index in [9.17, 15) is 0 Å². The lowest BCUT2D eigenvalue weighted by molar-refractivity contribution is 0.385. The first kappa shape index (κ1) is 15.8. The van der Waals surface area contributed by atoms with Crippen LogP contribution in [0.25, 0.3) is 0 Å². The average Bonchev–Trinajstić information content (AvgIpc) is 3.04. The number of rotatable bonds is 8. The van der Waals surface area contributed by atoms with Crippen molar-refractivity contribution in [3.8, 4) is 11.5 Å². The van der Waals surface area contributed by atoms with Crippen LogP contribution < -0.4 is 20.7 Å². The van der Waals surface area contributed by atoms with Gasteiger partial charge in [0.25, 0.3) is 0 Å². The molecule has 21 heavy (non-hydrogen) atoms. The molecule has 0 aliphatic heterocycles. The number of aryl methyl sites for hydroxylation is 1. The molecule has 0 bridgehead atoms. The topological polar surface area (TPSA) is 56.5 Å². The number of benzene rings is 1. The number of hydrogen-bond donors (Lipinski definition) is 2. The Labute approximate surface area is 129 Å². The van der Waals surface area contributed by atoms with Crippen molar-refractivity contribution in [1.82, 2.24) is 5.43 Å². The highest BCUT2D eigenvalue weighted by molar-refractivity contribution is 7.09. The first-order chi connectivity index (χ1) is 10.3. The Morgan fingerprint density at radius 3 is 2.71 bits per heavy atom. The van der Waals surface area contributed by atoms with E-state index in [0.717, 1.165) is 36.3 Å². The minimum Gasteiger partial charge on any atom is -0.497 e. The van der Waals surface area contributed by atoms with E-state index in [1.165, 1.54) is 4.88 Å². The van der Waals surface area contributed by atoms with Crippen molar-refractivity contribution in [2.45, 2.75) is 25.3 Å². The Balaban J connectivity index is 2.05. The fourth-order valence-corrected chi connectivity index (χ4v) is 3.13. The molecule has 4 nitrogen and oxygen atoms in total. The van der Waals surface area contributed by atoms with Crippen LogP contribution in [0.4, 0.5) is 0 Å². The molecule has 2 rings (SSSR count). The van der Waals surface area contributed by atoms with Gasteiger partial charge in [0, 0.05) is 16.5 Å². The molecule has 1 unspecified atom stereocenters. The van der Waals surface area contributed by atoms with Crippen LogP contribution in [0.15, 0.2) is 35.7 Å². The number of hydrogen-bond acceptors (Lipinski definition) is 5. The van der Waals surface area contributed by atoms with Crippen molar-refractivity contribution in [3.05, 3.63) is 46.2 Å². The van der Waals surface area contributed by atoms with Crippen molar-refractivity contribution < 1.29 is 9.47 Å². The summed E-state index contributed by atoms with van der Waals surface area (Å²) >= 11 is 1.80. The van der Waals surface area contributed by atoms with Crippen molar-refractivity contribution in [1.29, 1.82) is 0 Å². The van der Waals surface area contributed by atoms with Crippen LogP contribution in [0.5, 0.6) is 11.5 Å². The van der Waals surface area contributed by atoms with Gasteiger partial charge < -0.3 is 9.47 Å². The summed E-state index contributed by atoms with van der Waals surface area (Å²) < 4.78 is 10.7. The Morgan fingerprint density at radius 1 is 1.24 bits per heavy atom. The van der Waals surface area contributed by atoms with Crippen LogP contribution in [0.3, 0.4) is 0 Å². The van der Waals surface area contributed by atoms with E-state index in [1.807, 2.05) is 18.2 Å². The Bertz CT molecular complexity index is 543. The Morgan fingerprint density at radius 2 is 2.10 bits per heavy atom. The second-order valence-corrected chi connectivity index (χ2v) is 5.83. The predicted molar refractivity (Wildman–Crippen MR) is 86.9 cm³/mol. The maximum Gasteiger partial charge on any atom is 0.123 e. The number of nitrogens with one attached hydrogen (secondary N) is 1. The van der Waals surface area contributed by atoms with E-state index >= 15 is 0 Å². The monoisotopic (exact) mass is 306 g/mol. The number of hydrazine groups is 1. The second kappa shape index (κ2) is 8.02. The van der Waals surface area contributed by atoms with E-state index in [-0.39, 0.29) is 6.04 Å². The third kappa shape index (κ3) is 4.20. The minimum absolute atomic E-state index is 0.0509. The predicted octanol–water partition coefficient (Wildman–Crippen LogP) is 3.29. The van der Waals surface area contributed by atoms with E-state index in [1.54, 1.807) is 25.6 Å². The van der Waals surface area contributed by atoms with Gasteiger partial charge in [-0.2, -0.15) is 0 Å². The largest absolute Gasteiger partial charge is 0.497 e. The zero-order valence-electron chi connectivity index (χ0n) is 12.5. The molecule has 1 atom stereocenters. The zero-order valence-corrected chi connectivity index (χ0v) is 13.3. The summed E-state index contributed by atoms with van der Waals surface area (Å²) in [6.07, 6.45) is 3.08. The highest BCUT2D eigenvalue weighted by Crippen LogP contribution is 2.31. The van der Waals surface area contributed by atoms with Crippen LogP contribution in [0.2, 0.25) is 0 Å². The number of methoxy groups -OCH3 is 2. The summed E-state index contributed by atoms with van der Waals surface area (Å²) in [6.45, 7) is 0. The van der Waals surface area contributed by atoms with Crippen molar-refractivity contribution >= 4 is 11.3 Å². The quantitative estimate of drug-likeness (QED) is 0.580. The standard InChI is InChI=1S/C16H22N2O2S/c1-19-12-8-9-16(20-2)14(11-12)15(18-17)7-3-5-13-6-4-10-21-13/h4,6,8-11,15,18H,3,5,7,17H2,1-2H3. The summed E-state index contributed by atoms with van der Waals surface area (Å²) in [7, 11) is 3.33. The lowest BCUT2D eigenvalue weighted by Crippen LogP contribution is -2.28. The molecule has 1 aromatic carbocycles. The van der Waals surface area contributed by atoms with E-state index < -0.39 is 0 Å². The molecule has 0 saturated heterocycles. The molecule has 0 spiro atoms. The average molecular weight is 306 g/mol. The summed E-state index contributed by atoms with van der Waals surface area (Å²) in [5.74, 6) is 7.37. The lowest BCUT2D eigenvalue weighted by Gasteiger charge is -2.19. The van der Waals surface area contributed by atoms with E-state index in [0.29, 0.717) is 0 Å². The van der Waals surface area contributed by atoms with Gasteiger partial charge in [-0.3, -0.25) is 11.3 Å². The lowest BCUT2D eigenvalue weighted by atomic mass is 10.00. The van der Waals surface area contributed by atoms with Crippen LogP contribution in [0, 0.1) is 0 Å². The molecule has 0 amide bonds. The first-order valence-corrected chi connectivity index (χ1v) is 7.87. The second-order valence-electron chi connectivity index (χ2n) is 4.80. The molecule has 5 heteroatoms. The molecular weight excluding hydrogens is 284 g/mol. The fourth-order valence-electron chi connectivity index (χ4n) is 2.38. The van der Waals surface area contributed by atoms with E-state index in [4.69, 9.17) is 15.3 Å². The van der Waals surface area contributed by atoms with Gasteiger partial charge in [-0.05, 0) is 48.9 Å². The normalized spacial score (nSPS) is 12.1. The maximum atomic E-state index is 5.74. The molecule has 0 aliphatic rings. The highest BCUT2D eigenvalue weighted by Gasteiger charge is 2.16. The molecule has 0 fully saturated rings. The van der Waals surface area contributed by atoms with Gasteiger partial charge >= 0.3 is 0 Å². The summed E-state index contributed by atoms with van der Waals surface area (Å²) in [4.78, 5) is 1.41. The number of thiophene rings is 1. The molecule has 0 aliphatic carbocycles. The molecular formula is C16H22N2O2S. The fraction of sp³-hybridized carbons (Fsp3) is 0.375. The molecule has 0 saturated carbocycles. The highest BCUT2D eigenvalue weighted by atomic mass is 32.1. The van der Waals surface area contributed by atoms with Gasteiger partial charge in [-0.25, -0.2) is 0 Å². The third-order valence-corrected chi connectivity index (χ3v) is 4.45. The van der Waals surface area contributed by atoms with Crippen LogP contribution >= 0.6 is 11.3 Å². The van der Waals surface area contributed by atoms with E-state index in [2.05, 4.69) is 22.9 Å². The molecule has 0 radical (unpaired) electrons. The van der Waals surface area contributed by atoms with Crippen LogP contribution in [-0.4, -0.2) is 14.2 Å². The van der Waals surface area contributed by atoms with Crippen molar-refractivity contribution in [3.63, 3.8) is 0 Å². The SMILES string of the molecule is COc1ccc(OC)c(C(CCCc2cccs2)NN)c1. The third-order valence-electron chi connectivity index (χ3n) is 3.51. The van der Waals surface area contributed by atoms with Gasteiger partial charge in [-0.1, -0.05) is 6.07 Å². The first-order valence-electron chi connectivity index (χ1n) is 6.99. The van der Waals surface area contributed by atoms with Gasteiger partial charge in [0.1, 0.15) is 11.5 Å². The molecule has 3 N–H and O–H groups in total. The van der Waals surface area contributed by atoms with Gasteiger partial charge in [0.15, 0.2) is 0 Å². The molecule has 1 heterocycles.